The quantitative estimate of drug-likeness (QED) is 0.484. The molecular formula is C16H20N2. The minimum atomic E-state index is 0.828. The van der Waals surface area contributed by atoms with Gasteiger partial charge in [0.1, 0.15) is 5.84 Å². The first-order chi connectivity index (χ1) is 8.69. The number of hydrogen-bond acceptors (Lipinski definition) is 1. The van der Waals surface area contributed by atoms with Crippen molar-refractivity contribution in [2.24, 2.45) is 4.99 Å². The van der Waals surface area contributed by atoms with E-state index in [9.17, 15) is 0 Å². The van der Waals surface area contributed by atoms with Gasteiger partial charge >= 0.3 is 0 Å². The highest BCUT2D eigenvalue weighted by Crippen LogP contribution is 2.06. The average molecular weight is 240 g/mol. The summed E-state index contributed by atoms with van der Waals surface area (Å²) in [6.07, 6.45) is 6.00. The zero-order chi connectivity index (χ0) is 13.4. The molecule has 1 aromatic rings. The van der Waals surface area contributed by atoms with Gasteiger partial charge in [-0.05, 0) is 19.4 Å². The van der Waals surface area contributed by atoms with Crippen molar-refractivity contribution in [2.75, 3.05) is 7.05 Å². The maximum Gasteiger partial charge on any atom is 0.132 e. The van der Waals surface area contributed by atoms with Gasteiger partial charge in [0.15, 0.2) is 0 Å². The standard InChI is InChI=1S/C16H20N2/c1-5-6-10-13(2)14(3)18-16(17-4)15-11-8-7-9-12-15/h5-12H,3H2,1-2,4H3,(H,17,18)/b6-5?,13-10+. The van der Waals surface area contributed by atoms with Crippen molar-refractivity contribution >= 4 is 5.84 Å². The number of amidine groups is 1. The van der Waals surface area contributed by atoms with E-state index >= 15 is 0 Å². The second kappa shape index (κ2) is 7.28. The van der Waals surface area contributed by atoms with Crippen LogP contribution in [0.5, 0.6) is 0 Å². The summed E-state index contributed by atoms with van der Waals surface area (Å²) >= 11 is 0. The van der Waals surface area contributed by atoms with Gasteiger partial charge in [0.2, 0.25) is 0 Å². The van der Waals surface area contributed by atoms with Crippen molar-refractivity contribution in [3.8, 4) is 0 Å². The highest BCUT2D eigenvalue weighted by atomic mass is 15.0. The fourth-order valence-electron chi connectivity index (χ4n) is 1.44. The molecule has 94 valence electrons. The second-order valence-electron chi connectivity index (χ2n) is 3.92. The molecule has 0 aliphatic rings. The summed E-state index contributed by atoms with van der Waals surface area (Å²) in [6.45, 7) is 8.04. The zero-order valence-corrected chi connectivity index (χ0v) is 11.3. The van der Waals surface area contributed by atoms with E-state index in [1.165, 1.54) is 0 Å². The molecule has 1 rings (SSSR count). The van der Waals surface area contributed by atoms with Gasteiger partial charge in [0.05, 0.1) is 0 Å². The number of nitrogens with one attached hydrogen (secondary N) is 1. The molecule has 18 heavy (non-hydrogen) atoms. The molecule has 2 nitrogen and oxygen atoms in total. The Bertz CT molecular complexity index is 479. The zero-order valence-electron chi connectivity index (χ0n) is 11.3. The van der Waals surface area contributed by atoms with E-state index in [1.807, 2.05) is 62.4 Å². The van der Waals surface area contributed by atoms with Crippen molar-refractivity contribution < 1.29 is 0 Å². The third-order valence-electron chi connectivity index (χ3n) is 2.55. The van der Waals surface area contributed by atoms with Gasteiger partial charge in [-0.15, -0.1) is 0 Å². The molecule has 0 atom stereocenters. The van der Waals surface area contributed by atoms with Crippen LogP contribution in [-0.4, -0.2) is 12.9 Å². The van der Waals surface area contributed by atoms with Crippen LogP contribution in [-0.2, 0) is 0 Å². The van der Waals surface area contributed by atoms with Crippen molar-refractivity contribution in [3.63, 3.8) is 0 Å². The Labute approximate surface area is 109 Å². The van der Waals surface area contributed by atoms with Crippen molar-refractivity contribution in [1.82, 2.24) is 5.32 Å². The molecule has 1 N–H and O–H groups in total. The van der Waals surface area contributed by atoms with Gasteiger partial charge in [0.25, 0.3) is 0 Å². The molecule has 0 saturated heterocycles. The monoisotopic (exact) mass is 240 g/mol. The Balaban J connectivity index is 2.80. The van der Waals surface area contributed by atoms with Gasteiger partial charge in [-0.1, -0.05) is 55.1 Å². The first-order valence-electron chi connectivity index (χ1n) is 5.97. The highest BCUT2D eigenvalue weighted by Gasteiger charge is 2.03. The van der Waals surface area contributed by atoms with E-state index in [1.54, 1.807) is 7.05 Å². The van der Waals surface area contributed by atoms with Crippen LogP contribution in [0.3, 0.4) is 0 Å². The number of benzene rings is 1. The summed E-state index contributed by atoms with van der Waals surface area (Å²) in [5, 5.41) is 3.24. The van der Waals surface area contributed by atoms with E-state index in [2.05, 4.69) is 16.9 Å². The lowest BCUT2D eigenvalue weighted by atomic mass is 10.1. The predicted molar refractivity (Wildman–Crippen MR) is 79.7 cm³/mol. The van der Waals surface area contributed by atoms with Crippen LogP contribution in [0.4, 0.5) is 0 Å². The molecule has 0 heterocycles. The highest BCUT2D eigenvalue weighted by molar-refractivity contribution is 5.99. The van der Waals surface area contributed by atoms with Gasteiger partial charge in [-0.25, -0.2) is 0 Å². The number of aliphatic imine (C=N–C) groups is 1. The Morgan fingerprint density at radius 2 is 1.94 bits per heavy atom. The number of nitrogens with zero attached hydrogens (tertiary/aromatic N) is 1. The molecule has 0 unspecified atom stereocenters. The molecule has 0 fully saturated rings. The molecule has 0 amide bonds. The fourth-order valence-corrected chi connectivity index (χ4v) is 1.44. The Morgan fingerprint density at radius 1 is 1.28 bits per heavy atom. The molecular weight excluding hydrogens is 220 g/mol. The van der Waals surface area contributed by atoms with Crippen LogP contribution in [0.2, 0.25) is 0 Å². The molecule has 0 aromatic heterocycles. The summed E-state index contributed by atoms with van der Waals surface area (Å²) in [4.78, 5) is 4.26. The topological polar surface area (TPSA) is 24.4 Å². The molecule has 2 heteroatoms. The lowest BCUT2D eigenvalue weighted by Gasteiger charge is -2.12. The van der Waals surface area contributed by atoms with E-state index < -0.39 is 0 Å². The molecule has 0 saturated carbocycles. The average Bonchev–Trinajstić information content (AvgIpc) is 2.42. The minimum absolute atomic E-state index is 0.828. The Kier molecular flexibility index (Phi) is 5.65. The molecule has 0 bridgehead atoms. The fraction of sp³-hybridized carbons (Fsp3) is 0.188. The van der Waals surface area contributed by atoms with Crippen LogP contribution in [0.25, 0.3) is 0 Å². The summed E-state index contributed by atoms with van der Waals surface area (Å²) in [6, 6.07) is 10.0. The van der Waals surface area contributed by atoms with Crippen molar-refractivity contribution in [2.45, 2.75) is 13.8 Å². The number of hydrogen-bond donors (Lipinski definition) is 1. The third kappa shape index (κ3) is 4.06. The smallest absolute Gasteiger partial charge is 0.132 e. The van der Waals surface area contributed by atoms with E-state index in [-0.39, 0.29) is 0 Å². The number of rotatable bonds is 4. The molecule has 0 spiro atoms. The predicted octanol–water partition coefficient (Wildman–Crippen LogP) is 3.69. The molecule has 0 aliphatic heterocycles. The first kappa shape index (κ1) is 14.0. The third-order valence-corrected chi connectivity index (χ3v) is 2.55. The maximum absolute atomic E-state index is 4.26. The Hall–Kier alpha value is -2.09. The SMILES string of the molecule is C=C(NC(=NC)c1ccccc1)/C(C)=C/C=CC. The lowest BCUT2D eigenvalue weighted by molar-refractivity contribution is 1.11. The van der Waals surface area contributed by atoms with Crippen LogP contribution in [0, 0.1) is 0 Å². The van der Waals surface area contributed by atoms with Gasteiger partial charge in [-0.2, -0.15) is 0 Å². The first-order valence-corrected chi connectivity index (χ1v) is 5.97. The second-order valence-corrected chi connectivity index (χ2v) is 3.92. The maximum atomic E-state index is 4.26. The largest absolute Gasteiger partial charge is 0.340 e. The van der Waals surface area contributed by atoms with Crippen LogP contribution >= 0.6 is 0 Å². The van der Waals surface area contributed by atoms with E-state index in [4.69, 9.17) is 0 Å². The van der Waals surface area contributed by atoms with E-state index in [0.29, 0.717) is 0 Å². The lowest BCUT2D eigenvalue weighted by Crippen LogP contribution is -2.23. The van der Waals surface area contributed by atoms with E-state index in [0.717, 1.165) is 22.7 Å². The minimum Gasteiger partial charge on any atom is -0.340 e. The van der Waals surface area contributed by atoms with Gasteiger partial charge in [-0.3, -0.25) is 4.99 Å². The molecule has 0 aliphatic carbocycles. The van der Waals surface area contributed by atoms with Crippen molar-refractivity contribution in [3.05, 3.63) is 72.0 Å². The van der Waals surface area contributed by atoms with Gasteiger partial charge < -0.3 is 5.32 Å². The van der Waals surface area contributed by atoms with Crippen LogP contribution in [0.15, 0.2) is 71.4 Å². The summed E-state index contributed by atoms with van der Waals surface area (Å²) in [5.41, 5.74) is 3.00. The Morgan fingerprint density at radius 3 is 2.50 bits per heavy atom. The number of allylic oxidation sites excluding steroid dienone is 4. The summed E-state index contributed by atoms with van der Waals surface area (Å²) in [5.74, 6) is 0.828. The molecule has 0 radical (unpaired) electrons. The normalized spacial score (nSPS) is 12.8. The van der Waals surface area contributed by atoms with Crippen molar-refractivity contribution in [1.29, 1.82) is 0 Å². The van der Waals surface area contributed by atoms with Gasteiger partial charge in [0, 0.05) is 18.3 Å². The molecule has 1 aromatic carbocycles. The van der Waals surface area contributed by atoms with Crippen LogP contribution < -0.4 is 5.32 Å². The van der Waals surface area contributed by atoms with Crippen LogP contribution in [0.1, 0.15) is 19.4 Å². The summed E-state index contributed by atoms with van der Waals surface area (Å²) in [7, 11) is 1.77. The summed E-state index contributed by atoms with van der Waals surface area (Å²) < 4.78 is 0.